The zero-order valence-electron chi connectivity index (χ0n) is 10.0. The number of alkyl halides is 1. The normalized spacial score (nSPS) is 25.3. The summed E-state index contributed by atoms with van der Waals surface area (Å²) in [6.45, 7) is 3.55. The third-order valence-electron chi connectivity index (χ3n) is 3.46. The van der Waals surface area contributed by atoms with Crippen LogP contribution in [0.1, 0.15) is 25.3 Å². The maximum atomic E-state index is 14.6. The van der Waals surface area contributed by atoms with E-state index in [4.69, 9.17) is 0 Å². The molecule has 2 heterocycles. The summed E-state index contributed by atoms with van der Waals surface area (Å²) < 4.78 is 16.3. The van der Waals surface area contributed by atoms with E-state index < -0.39 is 5.67 Å². The minimum absolute atomic E-state index is 0.126. The molecule has 16 heavy (non-hydrogen) atoms. The molecule has 4 heteroatoms. The monoisotopic (exact) mass is 225 g/mol. The van der Waals surface area contributed by atoms with Crippen LogP contribution in [-0.2, 0) is 13.5 Å². The smallest absolute Gasteiger partial charge is 0.116 e. The van der Waals surface area contributed by atoms with Crippen LogP contribution >= 0.6 is 0 Å². The number of piperidine rings is 1. The predicted octanol–water partition coefficient (Wildman–Crippen LogP) is 1.69. The first-order valence-corrected chi connectivity index (χ1v) is 5.95. The average molecular weight is 225 g/mol. The van der Waals surface area contributed by atoms with Gasteiger partial charge in [-0.3, -0.25) is 4.68 Å². The van der Waals surface area contributed by atoms with Crippen LogP contribution in [0.2, 0.25) is 0 Å². The van der Waals surface area contributed by atoms with E-state index in [0.29, 0.717) is 6.42 Å². The summed E-state index contributed by atoms with van der Waals surface area (Å²) in [5.41, 5.74) is -0.144. The van der Waals surface area contributed by atoms with Crippen molar-refractivity contribution in [3.63, 3.8) is 0 Å². The minimum Gasteiger partial charge on any atom is -0.316 e. The summed E-state index contributed by atoms with van der Waals surface area (Å²) in [4.78, 5) is 0. The van der Waals surface area contributed by atoms with Crippen molar-refractivity contribution in [3.8, 4) is 0 Å². The number of nitrogens with zero attached hydrogens (tertiary/aromatic N) is 2. The highest BCUT2D eigenvalue weighted by molar-refractivity contribution is 5.09. The van der Waals surface area contributed by atoms with E-state index in [2.05, 4.69) is 10.4 Å². The first kappa shape index (κ1) is 11.6. The highest BCUT2D eigenvalue weighted by Crippen LogP contribution is 2.31. The second-order valence-electron chi connectivity index (χ2n) is 5.02. The number of hydrogen-bond donors (Lipinski definition) is 1. The molecule has 1 fully saturated rings. The van der Waals surface area contributed by atoms with Gasteiger partial charge in [-0.2, -0.15) is 5.10 Å². The molecule has 0 bridgehead atoms. The molecule has 1 aliphatic rings. The van der Waals surface area contributed by atoms with Crippen molar-refractivity contribution in [2.45, 2.75) is 31.9 Å². The molecule has 90 valence electrons. The van der Waals surface area contributed by atoms with E-state index in [1.165, 1.54) is 0 Å². The molecule has 0 spiro atoms. The van der Waals surface area contributed by atoms with Crippen molar-refractivity contribution in [1.29, 1.82) is 0 Å². The number of aryl methyl sites for hydroxylation is 1. The van der Waals surface area contributed by atoms with Crippen molar-refractivity contribution >= 4 is 0 Å². The standard InChI is InChI=1S/C12H20FN3/c1-12(13,11-4-3-5-14-8-11)6-10-7-15-16(2)9-10/h7,9,11,14H,3-6,8H2,1-2H3. The quantitative estimate of drug-likeness (QED) is 0.848. The minimum atomic E-state index is -1.13. The van der Waals surface area contributed by atoms with Crippen molar-refractivity contribution in [3.05, 3.63) is 18.0 Å². The first-order valence-electron chi connectivity index (χ1n) is 5.95. The third kappa shape index (κ3) is 2.61. The van der Waals surface area contributed by atoms with Crippen molar-refractivity contribution in [2.24, 2.45) is 13.0 Å². The van der Waals surface area contributed by atoms with Crippen LogP contribution in [0.25, 0.3) is 0 Å². The molecule has 0 radical (unpaired) electrons. The zero-order chi connectivity index (χ0) is 11.6. The topological polar surface area (TPSA) is 29.9 Å². The van der Waals surface area contributed by atoms with Gasteiger partial charge in [-0.1, -0.05) is 0 Å². The number of halogens is 1. The molecule has 1 aromatic heterocycles. The lowest BCUT2D eigenvalue weighted by atomic mass is 9.81. The highest BCUT2D eigenvalue weighted by Gasteiger charge is 2.35. The largest absolute Gasteiger partial charge is 0.316 e. The molecule has 1 aliphatic heterocycles. The second-order valence-corrected chi connectivity index (χ2v) is 5.02. The van der Waals surface area contributed by atoms with E-state index >= 15 is 0 Å². The van der Waals surface area contributed by atoms with Gasteiger partial charge in [-0.05, 0) is 31.9 Å². The summed E-state index contributed by atoms with van der Waals surface area (Å²) in [5, 5.41) is 7.35. The van der Waals surface area contributed by atoms with Crippen molar-refractivity contribution < 1.29 is 4.39 Å². The molecule has 1 saturated heterocycles. The Labute approximate surface area is 96.0 Å². The Balaban J connectivity index is 2.00. The molecule has 0 aromatic carbocycles. The lowest BCUT2D eigenvalue weighted by Gasteiger charge is -2.33. The molecule has 1 N–H and O–H groups in total. The van der Waals surface area contributed by atoms with E-state index in [1.54, 1.807) is 17.8 Å². The fraction of sp³-hybridized carbons (Fsp3) is 0.750. The Bertz CT molecular complexity index is 340. The van der Waals surface area contributed by atoms with Gasteiger partial charge in [0.1, 0.15) is 5.67 Å². The first-order chi connectivity index (χ1) is 7.58. The summed E-state index contributed by atoms with van der Waals surface area (Å²) in [6.07, 6.45) is 6.19. The summed E-state index contributed by atoms with van der Waals surface area (Å²) in [7, 11) is 1.86. The SMILES string of the molecule is Cn1cc(CC(C)(F)C2CCCNC2)cn1. The molecule has 0 aliphatic carbocycles. The van der Waals surface area contributed by atoms with Gasteiger partial charge >= 0.3 is 0 Å². The van der Waals surface area contributed by atoms with Crippen LogP contribution in [0.3, 0.4) is 0 Å². The Morgan fingerprint density at radius 1 is 1.69 bits per heavy atom. The van der Waals surface area contributed by atoms with Gasteiger partial charge in [-0.15, -0.1) is 0 Å². The summed E-state index contributed by atoms with van der Waals surface area (Å²) in [6, 6.07) is 0. The maximum absolute atomic E-state index is 14.6. The Morgan fingerprint density at radius 3 is 3.06 bits per heavy atom. The fourth-order valence-electron chi connectivity index (χ4n) is 2.47. The van der Waals surface area contributed by atoms with Crippen LogP contribution in [-0.4, -0.2) is 28.5 Å². The van der Waals surface area contributed by atoms with Crippen LogP contribution in [0.5, 0.6) is 0 Å². The Morgan fingerprint density at radius 2 is 2.50 bits per heavy atom. The Kier molecular flexibility index (Phi) is 3.28. The van der Waals surface area contributed by atoms with Gasteiger partial charge in [0.05, 0.1) is 6.20 Å². The van der Waals surface area contributed by atoms with Crippen molar-refractivity contribution in [1.82, 2.24) is 15.1 Å². The molecular weight excluding hydrogens is 205 g/mol. The van der Waals surface area contributed by atoms with Gasteiger partial charge in [0, 0.05) is 32.1 Å². The highest BCUT2D eigenvalue weighted by atomic mass is 19.1. The van der Waals surface area contributed by atoms with E-state index in [0.717, 1.165) is 31.5 Å². The fourth-order valence-corrected chi connectivity index (χ4v) is 2.47. The van der Waals surface area contributed by atoms with Gasteiger partial charge < -0.3 is 5.32 Å². The van der Waals surface area contributed by atoms with Gasteiger partial charge in [-0.25, -0.2) is 4.39 Å². The summed E-state index contributed by atoms with van der Waals surface area (Å²) in [5.74, 6) is 0.126. The number of nitrogens with one attached hydrogen (secondary N) is 1. The molecule has 3 nitrogen and oxygen atoms in total. The number of hydrogen-bond acceptors (Lipinski definition) is 2. The number of rotatable bonds is 3. The van der Waals surface area contributed by atoms with Crippen LogP contribution in [0.15, 0.2) is 12.4 Å². The van der Waals surface area contributed by atoms with E-state index in [9.17, 15) is 4.39 Å². The van der Waals surface area contributed by atoms with Gasteiger partial charge in [0.25, 0.3) is 0 Å². The van der Waals surface area contributed by atoms with Gasteiger partial charge in [0.2, 0.25) is 0 Å². The molecule has 2 atom stereocenters. The zero-order valence-corrected chi connectivity index (χ0v) is 10.0. The van der Waals surface area contributed by atoms with Crippen LogP contribution in [0, 0.1) is 5.92 Å². The lowest BCUT2D eigenvalue weighted by molar-refractivity contribution is 0.0833. The maximum Gasteiger partial charge on any atom is 0.116 e. The van der Waals surface area contributed by atoms with Crippen LogP contribution in [0.4, 0.5) is 4.39 Å². The van der Waals surface area contributed by atoms with Crippen molar-refractivity contribution in [2.75, 3.05) is 13.1 Å². The van der Waals surface area contributed by atoms with Gasteiger partial charge in [0.15, 0.2) is 0 Å². The predicted molar refractivity (Wildman–Crippen MR) is 62.0 cm³/mol. The molecule has 0 amide bonds. The molecule has 0 saturated carbocycles. The third-order valence-corrected chi connectivity index (χ3v) is 3.46. The molecule has 2 unspecified atom stereocenters. The lowest BCUT2D eigenvalue weighted by Crippen LogP contribution is -2.42. The molecule has 2 rings (SSSR count). The Hall–Kier alpha value is -0.900. The molecular formula is C12H20FN3. The van der Waals surface area contributed by atoms with E-state index in [1.807, 2.05) is 13.2 Å². The second kappa shape index (κ2) is 4.53. The average Bonchev–Trinajstić information content (AvgIpc) is 2.64. The molecule has 1 aromatic rings. The number of aromatic nitrogens is 2. The summed E-state index contributed by atoms with van der Waals surface area (Å²) >= 11 is 0. The van der Waals surface area contributed by atoms with Crippen LogP contribution < -0.4 is 5.32 Å². The van der Waals surface area contributed by atoms with E-state index in [-0.39, 0.29) is 5.92 Å².